The van der Waals surface area contributed by atoms with Gasteiger partial charge in [-0.05, 0) is 42.0 Å². The molecule has 23 heavy (non-hydrogen) atoms. The van der Waals surface area contributed by atoms with E-state index in [1.165, 1.54) is 18.2 Å². The van der Waals surface area contributed by atoms with Crippen LogP contribution in [0.25, 0.3) is 27.4 Å². The fourth-order valence-electron chi connectivity index (χ4n) is 2.92. The summed E-state index contributed by atoms with van der Waals surface area (Å²) >= 11 is 0. The molecule has 1 aromatic heterocycles. The Morgan fingerprint density at radius 2 is 1.57 bits per heavy atom. The highest BCUT2D eigenvalue weighted by Crippen LogP contribution is 2.26. The third-order valence-electron chi connectivity index (χ3n) is 3.97. The van der Waals surface area contributed by atoms with Crippen molar-refractivity contribution in [1.82, 2.24) is 4.98 Å². The van der Waals surface area contributed by atoms with Crippen molar-refractivity contribution in [3.8, 4) is 0 Å². The molecule has 1 aliphatic carbocycles. The quantitative estimate of drug-likeness (QED) is 0.555. The number of fused-ring (bicyclic) bond motifs is 2. The molecule has 3 aromatic rings. The summed E-state index contributed by atoms with van der Waals surface area (Å²) in [6.07, 6.45) is 3.76. The van der Waals surface area contributed by atoms with Crippen LogP contribution in [-0.2, 0) is 9.59 Å². The van der Waals surface area contributed by atoms with E-state index in [-0.39, 0.29) is 22.6 Å². The third-order valence-corrected chi connectivity index (χ3v) is 3.97. The van der Waals surface area contributed by atoms with Gasteiger partial charge >= 0.3 is 0 Å². The lowest BCUT2D eigenvalue weighted by atomic mass is 9.92. The second kappa shape index (κ2) is 4.88. The van der Waals surface area contributed by atoms with Crippen molar-refractivity contribution in [2.45, 2.75) is 0 Å². The first-order chi connectivity index (χ1) is 11.1. The van der Waals surface area contributed by atoms with E-state index in [0.29, 0.717) is 21.9 Å². The summed E-state index contributed by atoms with van der Waals surface area (Å²) in [5.41, 5.74) is 1.96. The number of nitrogens with one attached hydrogen (secondary N) is 1. The lowest BCUT2D eigenvalue weighted by Crippen LogP contribution is -2.11. The number of rotatable bonds is 1. The maximum absolute atomic E-state index is 12.9. The van der Waals surface area contributed by atoms with Crippen LogP contribution < -0.4 is 5.43 Å². The zero-order chi connectivity index (χ0) is 16.0. The highest BCUT2D eigenvalue weighted by atomic mass is 16.1. The largest absolute Gasteiger partial charge is 0.354 e. The average Bonchev–Trinajstić information content (AvgIpc) is 2.57. The Morgan fingerprint density at radius 3 is 2.43 bits per heavy atom. The zero-order valence-corrected chi connectivity index (χ0v) is 12.0. The number of allylic oxidation sites excluding steroid dienone is 4. The van der Waals surface area contributed by atoms with E-state index in [1.54, 1.807) is 30.3 Å². The molecule has 0 saturated heterocycles. The van der Waals surface area contributed by atoms with Crippen molar-refractivity contribution < 1.29 is 9.59 Å². The van der Waals surface area contributed by atoms with Crippen molar-refractivity contribution in [2.75, 3.05) is 0 Å². The highest BCUT2D eigenvalue weighted by molar-refractivity contribution is 6.35. The normalized spacial score (nSPS) is 14.5. The number of ketones is 2. The first-order valence-corrected chi connectivity index (χ1v) is 7.17. The van der Waals surface area contributed by atoms with Gasteiger partial charge in [0.15, 0.2) is 17.0 Å². The number of para-hydroxylation sites is 1. The van der Waals surface area contributed by atoms with Gasteiger partial charge in [-0.25, -0.2) is 0 Å². The van der Waals surface area contributed by atoms with Gasteiger partial charge in [0.05, 0.1) is 10.9 Å². The maximum Gasteiger partial charge on any atom is 0.197 e. The van der Waals surface area contributed by atoms with E-state index in [0.717, 1.165) is 5.52 Å². The number of hydrogen-bond acceptors (Lipinski definition) is 3. The number of aromatic amines is 1. The summed E-state index contributed by atoms with van der Waals surface area (Å²) in [5.74, 6) is -0.529. The van der Waals surface area contributed by atoms with Crippen LogP contribution in [0.3, 0.4) is 0 Å². The minimum Gasteiger partial charge on any atom is -0.354 e. The van der Waals surface area contributed by atoms with Crippen molar-refractivity contribution in [3.05, 3.63) is 76.5 Å². The molecular formula is C19H11NO3. The Balaban J connectivity index is 2.13. The molecule has 0 saturated carbocycles. The highest BCUT2D eigenvalue weighted by Gasteiger charge is 2.19. The average molecular weight is 301 g/mol. The van der Waals surface area contributed by atoms with Gasteiger partial charge in [-0.2, -0.15) is 0 Å². The molecule has 4 heteroatoms. The minimum atomic E-state index is -0.273. The monoisotopic (exact) mass is 301 g/mol. The van der Waals surface area contributed by atoms with Crippen LogP contribution >= 0.6 is 0 Å². The lowest BCUT2D eigenvalue weighted by Gasteiger charge is -2.11. The van der Waals surface area contributed by atoms with E-state index in [2.05, 4.69) is 4.98 Å². The number of H-pyrrole nitrogens is 1. The molecule has 2 aromatic carbocycles. The first kappa shape index (κ1) is 13.4. The van der Waals surface area contributed by atoms with E-state index in [4.69, 9.17) is 0 Å². The summed E-state index contributed by atoms with van der Waals surface area (Å²) in [5, 5.41) is 0.979. The molecule has 0 radical (unpaired) electrons. The molecule has 110 valence electrons. The van der Waals surface area contributed by atoms with Gasteiger partial charge < -0.3 is 4.98 Å². The van der Waals surface area contributed by atoms with Gasteiger partial charge in [-0.3, -0.25) is 14.4 Å². The number of pyridine rings is 1. The van der Waals surface area contributed by atoms with Crippen molar-refractivity contribution in [3.63, 3.8) is 0 Å². The van der Waals surface area contributed by atoms with Gasteiger partial charge in [0, 0.05) is 16.5 Å². The van der Waals surface area contributed by atoms with E-state index in [1.807, 2.05) is 12.1 Å². The standard InChI is InChI=1S/C19H11NO3/c21-11-8-9-17(22)14(10-11)12-5-3-7-16-18(12)19(23)13-4-1-2-6-15(13)20-16/h1-10H,(H,20,23). The van der Waals surface area contributed by atoms with Crippen LogP contribution in [0, 0.1) is 0 Å². The van der Waals surface area contributed by atoms with Crippen LogP contribution in [0.5, 0.6) is 0 Å². The number of hydrogen-bond donors (Lipinski definition) is 1. The predicted molar refractivity (Wildman–Crippen MR) is 89.2 cm³/mol. The van der Waals surface area contributed by atoms with Crippen LogP contribution in [-0.4, -0.2) is 16.6 Å². The van der Waals surface area contributed by atoms with Gasteiger partial charge in [0.1, 0.15) is 0 Å². The Hall–Kier alpha value is -3.27. The summed E-state index contributed by atoms with van der Waals surface area (Å²) in [6, 6.07) is 12.5. The topological polar surface area (TPSA) is 67.0 Å². The summed E-state index contributed by atoms with van der Waals surface area (Å²) in [7, 11) is 0. The van der Waals surface area contributed by atoms with Gasteiger partial charge in [0.25, 0.3) is 0 Å². The van der Waals surface area contributed by atoms with E-state index < -0.39 is 0 Å². The third kappa shape index (κ3) is 2.04. The minimum absolute atomic E-state index is 0.152. The second-order valence-electron chi connectivity index (χ2n) is 5.39. The molecule has 4 nitrogen and oxygen atoms in total. The van der Waals surface area contributed by atoms with E-state index in [9.17, 15) is 14.4 Å². The summed E-state index contributed by atoms with van der Waals surface area (Å²) in [6.45, 7) is 0. The van der Waals surface area contributed by atoms with Crippen LogP contribution in [0.15, 0.2) is 65.5 Å². The Kier molecular flexibility index (Phi) is 2.84. The number of carbonyl (C=O) groups excluding carboxylic acids is 2. The van der Waals surface area contributed by atoms with Crippen LogP contribution in [0.2, 0.25) is 0 Å². The fourth-order valence-corrected chi connectivity index (χ4v) is 2.92. The molecule has 1 N–H and O–H groups in total. The van der Waals surface area contributed by atoms with Gasteiger partial charge in [0.2, 0.25) is 0 Å². The van der Waals surface area contributed by atoms with Crippen molar-refractivity contribution >= 4 is 38.9 Å². The lowest BCUT2D eigenvalue weighted by molar-refractivity contribution is -0.113. The molecule has 0 fully saturated rings. The molecule has 0 bridgehead atoms. The summed E-state index contributed by atoms with van der Waals surface area (Å²) < 4.78 is 0. The number of carbonyl (C=O) groups is 2. The predicted octanol–water partition coefficient (Wildman–Crippen LogP) is 2.77. The van der Waals surface area contributed by atoms with Crippen LogP contribution in [0.1, 0.15) is 5.56 Å². The molecular weight excluding hydrogens is 290 g/mol. The summed E-state index contributed by atoms with van der Waals surface area (Å²) in [4.78, 5) is 39.9. The Labute approximate surface area is 130 Å². The molecule has 0 unspecified atom stereocenters. The first-order valence-electron chi connectivity index (χ1n) is 7.17. The number of benzene rings is 2. The molecule has 1 heterocycles. The van der Waals surface area contributed by atoms with E-state index >= 15 is 0 Å². The van der Waals surface area contributed by atoms with Gasteiger partial charge in [-0.15, -0.1) is 0 Å². The maximum atomic E-state index is 12.9. The molecule has 1 aliphatic rings. The molecule has 0 aliphatic heterocycles. The molecule has 0 spiro atoms. The molecule has 0 amide bonds. The fraction of sp³-hybridized carbons (Fsp3) is 0. The van der Waals surface area contributed by atoms with Crippen molar-refractivity contribution in [1.29, 1.82) is 0 Å². The SMILES string of the molecule is O=C1C=CC(=O)C(c2cccc3[nH]c4ccccc4c(=O)c23)=C1. The van der Waals surface area contributed by atoms with Crippen molar-refractivity contribution in [2.24, 2.45) is 0 Å². The second-order valence-corrected chi connectivity index (χ2v) is 5.39. The molecule has 4 rings (SSSR count). The Bertz CT molecular complexity index is 1120. The smallest absolute Gasteiger partial charge is 0.197 e. The zero-order valence-electron chi connectivity index (χ0n) is 12.0. The molecule has 0 atom stereocenters. The Morgan fingerprint density at radius 1 is 0.783 bits per heavy atom. The van der Waals surface area contributed by atoms with Gasteiger partial charge in [-0.1, -0.05) is 24.3 Å². The van der Waals surface area contributed by atoms with Crippen LogP contribution in [0.4, 0.5) is 0 Å². The number of aromatic nitrogens is 1.